The Morgan fingerprint density at radius 3 is 2.52 bits per heavy atom. The van der Waals surface area contributed by atoms with Crippen LogP contribution < -0.4 is 4.74 Å². The van der Waals surface area contributed by atoms with Crippen LogP contribution >= 0.6 is 0 Å². The van der Waals surface area contributed by atoms with Gasteiger partial charge in [-0.3, -0.25) is 14.6 Å². The molecule has 6 nitrogen and oxygen atoms in total. The molecule has 0 saturated carbocycles. The highest BCUT2D eigenvalue weighted by atomic mass is 16.5. The molecule has 170 valence electrons. The third-order valence-electron chi connectivity index (χ3n) is 6.22. The fourth-order valence-electron chi connectivity index (χ4n) is 4.47. The molecule has 1 aliphatic rings. The first-order chi connectivity index (χ1) is 16.1. The van der Waals surface area contributed by atoms with E-state index in [1.54, 1.807) is 18.2 Å². The van der Waals surface area contributed by atoms with Gasteiger partial charge in [-0.05, 0) is 30.2 Å². The van der Waals surface area contributed by atoms with E-state index in [2.05, 4.69) is 4.98 Å². The number of likely N-dealkylation sites (N-methyl/N-ethyl adjacent to an activating group) is 1. The average molecular weight is 444 g/mol. The Hall–Kier alpha value is -3.67. The summed E-state index contributed by atoms with van der Waals surface area (Å²) in [5.74, 6) is 0.619. The SMILES string of the molecule is CCN1CCN(C(=O)Cc2ccccc2OC)C(Cc2ccccc2-c2cccnc2)C1=O. The summed E-state index contributed by atoms with van der Waals surface area (Å²) < 4.78 is 5.42. The number of carbonyl (C=O) groups excluding carboxylic acids is 2. The van der Waals surface area contributed by atoms with Gasteiger partial charge in [0, 0.05) is 49.6 Å². The van der Waals surface area contributed by atoms with Crippen molar-refractivity contribution in [1.82, 2.24) is 14.8 Å². The molecule has 1 atom stereocenters. The predicted molar refractivity (Wildman–Crippen MR) is 128 cm³/mol. The van der Waals surface area contributed by atoms with Crippen LogP contribution in [0.4, 0.5) is 0 Å². The number of para-hydroxylation sites is 1. The highest BCUT2D eigenvalue weighted by Crippen LogP contribution is 2.27. The van der Waals surface area contributed by atoms with E-state index in [0.717, 1.165) is 22.3 Å². The number of ether oxygens (including phenoxy) is 1. The van der Waals surface area contributed by atoms with Gasteiger partial charge in [-0.25, -0.2) is 0 Å². The quantitative estimate of drug-likeness (QED) is 0.560. The van der Waals surface area contributed by atoms with Crippen molar-refractivity contribution in [3.63, 3.8) is 0 Å². The van der Waals surface area contributed by atoms with Gasteiger partial charge in [-0.1, -0.05) is 48.5 Å². The molecule has 1 unspecified atom stereocenters. The van der Waals surface area contributed by atoms with E-state index in [0.29, 0.717) is 31.8 Å². The second kappa shape index (κ2) is 10.3. The van der Waals surface area contributed by atoms with E-state index in [9.17, 15) is 9.59 Å². The van der Waals surface area contributed by atoms with Crippen LogP contribution in [-0.4, -0.2) is 59.4 Å². The Labute approximate surface area is 194 Å². The van der Waals surface area contributed by atoms with Gasteiger partial charge in [0.2, 0.25) is 11.8 Å². The zero-order valence-electron chi connectivity index (χ0n) is 19.1. The molecule has 1 aliphatic heterocycles. The van der Waals surface area contributed by atoms with Gasteiger partial charge < -0.3 is 14.5 Å². The van der Waals surface area contributed by atoms with Crippen LogP contribution in [0.1, 0.15) is 18.1 Å². The minimum absolute atomic E-state index is 0.00174. The Balaban J connectivity index is 1.64. The van der Waals surface area contributed by atoms with Crippen molar-refractivity contribution in [2.45, 2.75) is 25.8 Å². The lowest BCUT2D eigenvalue weighted by molar-refractivity contribution is -0.150. The van der Waals surface area contributed by atoms with Crippen LogP contribution in [0.15, 0.2) is 73.1 Å². The smallest absolute Gasteiger partial charge is 0.245 e. The molecular weight excluding hydrogens is 414 g/mol. The summed E-state index contributed by atoms with van der Waals surface area (Å²) in [5.41, 5.74) is 3.88. The Bertz CT molecular complexity index is 1120. The van der Waals surface area contributed by atoms with Crippen molar-refractivity contribution in [1.29, 1.82) is 0 Å². The van der Waals surface area contributed by atoms with Crippen molar-refractivity contribution in [2.75, 3.05) is 26.7 Å². The maximum absolute atomic E-state index is 13.4. The van der Waals surface area contributed by atoms with Crippen molar-refractivity contribution >= 4 is 11.8 Å². The van der Waals surface area contributed by atoms with Crippen LogP contribution in [0.2, 0.25) is 0 Å². The molecule has 0 aliphatic carbocycles. The van der Waals surface area contributed by atoms with E-state index < -0.39 is 6.04 Å². The minimum atomic E-state index is -0.543. The monoisotopic (exact) mass is 443 g/mol. The average Bonchev–Trinajstić information content (AvgIpc) is 2.86. The van der Waals surface area contributed by atoms with Crippen LogP contribution in [0.3, 0.4) is 0 Å². The lowest BCUT2D eigenvalue weighted by Crippen LogP contribution is -2.59. The minimum Gasteiger partial charge on any atom is -0.496 e. The Kier molecular flexibility index (Phi) is 7.03. The van der Waals surface area contributed by atoms with Gasteiger partial charge >= 0.3 is 0 Å². The van der Waals surface area contributed by atoms with Gasteiger partial charge in [-0.2, -0.15) is 0 Å². The van der Waals surface area contributed by atoms with Crippen LogP contribution in [-0.2, 0) is 22.4 Å². The topological polar surface area (TPSA) is 62.7 Å². The lowest BCUT2D eigenvalue weighted by atomic mass is 9.93. The van der Waals surface area contributed by atoms with Crippen molar-refractivity contribution in [3.8, 4) is 16.9 Å². The molecule has 4 rings (SSSR count). The fraction of sp³-hybridized carbons (Fsp3) is 0.296. The van der Waals surface area contributed by atoms with Crippen molar-refractivity contribution in [3.05, 3.63) is 84.2 Å². The number of rotatable bonds is 7. The molecule has 2 amide bonds. The fourth-order valence-corrected chi connectivity index (χ4v) is 4.47. The van der Waals surface area contributed by atoms with E-state index in [-0.39, 0.29) is 18.2 Å². The number of benzene rings is 2. The first-order valence-corrected chi connectivity index (χ1v) is 11.3. The first kappa shape index (κ1) is 22.5. The number of carbonyl (C=O) groups is 2. The van der Waals surface area contributed by atoms with Crippen LogP contribution in [0.5, 0.6) is 5.75 Å². The van der Waals surface area contributed by atoms with Gasteiger partial charge in [-0.15, -0.1) is 0 Å². The summed E-state index contributed by atoms with van der Waals surface area (Å²) in [6.07, 6.45) is 4.22. The highest BCUT2D eigenvalue weighted by Gasteiger charge is 2.37. The summed E-state index contributed by atoms with van der Waals surface area (Å²) in [5, 5.41) is 0. The number of amides is 2. The first-order valence-electron chi connectivity index (χ1n) is 11.3. The summed E-state index contributed by atoms with van der Waals surface area (Å²) >= 11 is 0. The summed E-state index contributed by atoms with van der Waals surface area (Å²) in [7, 11) is 1.60. The number of piperazine rings is 1. The van der Waals surface area contributed by atoms with Gasteiger partial charge in [0.15, 0.2) is 0 Å². The second-order valence-electron chi connectivity index (χ2n) is 8.11. The third-order valence-corrected chi connectivity index (χ3v) is 6.22. The molecule has 1 saturated heterocycles. The third kappa shape index (κ3) is 4.90. The summed E-state index contributed by atoms with van der Waals surface area (Å²) in [6.45, 7) is 3.68. The van der Waals surface area contributed by atoms with Crippen molar-refractivity contribution < 1.29 is 14.3 Å². The molecule has 33 heavy (non-hydrogen) atoms. The van der Waals surface area contributed by atoms with Crippen LogP contribution in [0, 0.1) is 0 Å². The normalized spacial score (nSPS) is 16.1. The molecule has 0 bridgehead atoms. The second-order valence-corrected chi connectivity index (χ2v) is 8.11. The summed E-state index contributed by atoms with van der Waals surface area (Å²) in [6, 6.07) is 18.9. The standard InChI is InChI=1S/C27H29N3O3/c1-3-29-15-16-30(26(31)18-21-10-5-7-13-25(21)33-2)24(27(29)32)17-20-9-4-6-12-23(20)22-11-8-14-28-19-22/h4-14,19,24H,3,15-18H2,1-2H3. The maximum Gasteiger partial charge on any atom is 0.245 e. The number of aromatic nitrogens is 1. The van der Waals surface area contributed by atoms with Crippen molar-refractivity contribution in [2.24, 2.45) is 0 Å². The Morgan fingerprint density at radius 1 is 1.03 bits per heavy atom. The molecule has 2 aromatic carbocycles. The molecule has 3 aromatic rings. The van der Waals surface area contributed by atoms with Gasteiger partial charge in [0.25, 0.3) is 0 Å². The Morgan fingerprint density at radius 2 is 1.79 bits per heavy atom. The van der Waals surface area contributed by atoms with Crippen LogP contribution in [0.25, 0.3) is 11.1 Å². The number of pyridine rings is 1. The number of hydrogen-bond acceptors (Lipinski definition) is 4. The molecule has 1 fully saturated rings. The molecule has 2 heterocycles. The van der Waals surface area contributed by atoms with E-state index in [1.165, 1.54) is 0 Å². The number of hydrogen-bond donors (Lipinski definition) is 0. The molecule has 0 radical (unpaired) electrons. The largest absolute Gasteiger partial charge is 0.496 e. The van der Waals surface area contributed by atoms with Gasteiger partial charge in [0.05, 0.1) is 13.5 Å². The maximum atomic E-state index is 13.4. The highest BCUT2D eigenvalue weighted by molar-refractivity contribution is 5.90. The van der Waals surface area contributed by atoms with E-state index in [4.69, 9.17) is 4.74 Å². The molecule has 0 N–H and O–H groups in total. The summed E-state index contributed by atoms with van der Waals surface area (Å²) in [4.78, 5) is 34.6. The van der Waals surface area contributed by atoms with E-state index in [1.807, 2.05) is 78.7 Å². The molecule has 1 aromatic heterocycles. The molecule has 0 spiro atoms. The number of nitrogens with zero attached hydrogens (tertiary/aromatic N) is 3. The number of methoxy groups -OCH3 is 1. The lowest BCUT2D eigenvalue weighted by Gasteiger charge is -2.40. The zero-order valence-corrected chi connectivity index (χ0v) is 19.1. The zero-order chi connectivity index (χ0) is 23.2. The van der Waals surface area contributed by atoms with Gasteiger partial charge in [0.1, 0.15) is 11.8 Å². The predicted octanol–water partition coefficient (Wildman–Crippen LogP) is 3.60. The molecular formula is C27H29N3O3. The molecule has 6 heteroatoms. The van der Waals surface area contributed by atoms with E-state index >= 15 is 0 Å².